The molecule has 1 atom stereocenters. The van der Waals surface area contributed by atoms with E-state index < -0.39 is 0 Å². The molecular weight excluding hydrogens is 226 g/mol. The predicted molar refractivity (Wildman–Crippen MR) is 79.7 cm³/mol. The van der Waals surface area contributed by atoms with Gasteiger partial charge in [0.15, 0.2) is 0 Å². The maximum absolute atomic E-state index is 3.45. The Hall–Kier alpha value is -0.470. The lowest BCUT2D eigenvalue weighted by Crippen LogP contribution is -2.25. The topological polar surface area (TPSA) is 12.0 Å². The highest BCUT2D eigenvalue weighted by atomic mass is 32.2. The molecule has 1 nitrogen and oxygen atoms in total. The summed E-state index contributed by atoms with van der Waals surface area (Å²) in [6, 6.07) is 9.35. The normalized spacial score (nSPS) is 12.6. The third kappa shape index (κ3) is 6.13. The van der Waals surface area contributed by atoms with E-state index in [-0.39, 0.29) is 0 Å². The summed E-state index contributed by atoms with van der Waals surface area (Å²) in [7, 11) is 0. The lowest BCUT2D eigenvalue weighted by atomic mass is 10.1. The van der Waals surface area contributed by atoms with Gasteiger partial charge in [-0.2, -0.15) is 11.8 Å². The SMILES string of the molecule is CCNC(C)CCCSCc1ccccc1C. The third-order valence-electron chi connectivity index (χ3n) is 3.00. The average molecular weight is 251 g/mol. The van der Waals surface area contributed by atoms with Crippen LogP contribution < -0.4 is 5.32 Å². The van der Waals surface area contributed by atoms with Crippen LogP contribution in [0.25, 0.3) is 0 Å². The van der Waals surface area contributed by atoms with E-state index in [1.807, 2.05) is 0 Å². The maximum Gasteiger partial charge on any atom is 0.0187 e. The molecule has 0 aliphatic rings. The number of aryl methyl sites for hydroxylation is 1. The molecule has 96 valence electrons. The second-order valence-electron chi connectivity index (χ2n) is 4.58. The van der Waals surface area contributed by atoms with Gasteiger partial charge in [0.1, 0.15) is 0 Å². The molecule has 0 amide bonds. The molecule has 1 unspecified atom stereocenters. The van der Waals surface area contributed by atoms with Crippen molar-refractivity contribution in [1.82, 2.24) is 5.32 Å². The zero-order valence-electron chi connectivity index (χ0n) is 11.3. The second-order valence-corrected chi connectivity index (χ2v) is 5.69. The quantitative estimate of drug-likeness (QED) is 0.701. The summed E-state index contributed by atoms with van der Waals surface area (Å²) < 4.78 is 0. The Kier molecular flexibility index (Phi) is 7.38. The summed E-state index contributed by atoms with van der Waals surface area (Å²) in [6.45, 7) is 7.72. The first-order valence-electron chi connectivity index (χ1n) is 6.59. The summed E-state index contributed by atoms with van der Waals surface area (Å²) in [5, 5.41) is 3.45. The van der Waals surface area contributed by atoms with E-state index in [0.717, 1.165) is 12.3 Å². The van der Waals surface area contributed by atoms with Crippen LogP contribution in [0.2, 0.25) is 0 Å². The van der Waals surface area contributed by atoms with Crippen LogP contribution in [0.1, 0.15) is 37.8 Å². The van der Waals surface area contributed by atoms with Crippen molar-refractivity contribution in [1.29, 1.82) is 0 Å². The lowest BCUT2D eigenvalue weighted by Gasteiger charge is -2.11. The highest BCUT2D eigenvalue weighted by Crippen LogP contribution is 2.17. The van der Waals surface area contributed by atoms with Crippen molar-refractivity contribution in [2.24, 2.45) is 0 Å². The summed E-state index contributed by atoms with van der Waals surface area (Å²) >= 11 is 2.05. The summed E-state index contributed by atoms with van der Waals surface area (Å²) in [5.41, 5.74) is 2.90. The molecule has 0 aromatic heterocycles. The minimum Gasteiger partial charge on any atom is -0.315 e. The lowest BCUT2D eigenvalue weighted by molar-refractivity contribution is 0.526. The van der Waals surface area contributed by atoms with Gasteiger partial charge in [-0.25, -0.2) is 0 Å². The van der Waals surface area contributed by atoms with Crippen molar-refractivity contribution in [3.05, 3.63) is 35.4 Å². The second kappa shape index (κ2) is 8.60. The smallest absolute Gasteiger partial charge is 0.0187 e. The van der Waals surface area contributed by atoms with Crippen molar-refractivity contribution in [3.63, 3.8) is 0 Å². The molecule has 0 heterocycles. The van der Waals surface area contributed by atoms with Gasteiger partial charge in [-0.3, -0.25) is 0 Å². The van der Waals surface area contributed by atoms with Gasteiger partial charge in [-0.05, 0) is 50.1 Å². The fraction of sp³-hybridized carbons (Fsp3) is 0.600. The fourth-order valence-corrected chi connectivity index (χ4v) is 2.96. The molecule has 0 saturated heterocycles. The molecule has 0 spiro atoms. The molecule has 1 N–H and O–H groups in total. The molecule has 0 fully saturated rings. The van der Waals surface area contributed by atoms with Gasteiger partial charge in [-0.1, -0.05) is 31.2 Å². The number of hydrogen-bond acceptors (Lipinski definition) is 2. The van der Waals surface area contributed by atoms with Crippen LogP contribution in [0.15, 0.2) is 24.3 Å². The fourth-order valence-electron chi connectivity index (χ4n) is 1.90. The Morgan fingerprint density at radius 2 is 2.06 bits per heavy atom. The van der Waals surface area contributed by atoms with Crippen LogP contribution in [-0.2, 0) is 5.75 Å². The van der Waals surface area contributed by atoms with Crippen LogP contribution in [0, 0.1) is 6.92 Å². The van der Waals surface area contributed by atoms with Gasteiger partial charge >= 0.3 is 0 Å². The van der Waals surface area contributed by atoms with Gasteiger partial charge < -0.3 is 5.32 Å². The van der Waals surface area contributed by atoms with E-state index in [1.165, 1.54) is 29.7 Å². The largest absolute Gasteiger partial charge is 0.315 e. The number of nitrogens with one attached hydrogen (secondary N) is 1. The van der Waals surface area contributed by atoms with E-state index in [0.29, 0.717) is 6.04 Å². The number of rotatable bonds is 8. The van der Waals surface area contributed by atoms with E-state index in [4.69, 9.17) is 0 Å². The zero-order chi connectivity index (χ0) is 12.5. The van der Waals surface area contributed by atoms with Crippen molar-refractivity contribution in [3.8, 4) is 0 Å². The van der Waals surface area contributed by atoms with Gasteiger partial charge in [0.2, 0.25) is 0 Å². The Labute approximate surface area is 110 Å². The molecule has 1 aromatic carbocycles. The summed E-state index contributed by atoms with van der Waals surface area (Å²) in [5.74, 6) is 2.42. The Bertz CT molecular complexity index is 312. The van der Waals surface area contributed by atoms with Crippen molar-refractivity contribution in [2.45, 2.75) is 45.4 Å². The Balaban J connectivity index is 2.10. The number of thioether (sulfide) groups is 1. The Morgan fingerprint density at radius 3 is 2.76 bits per heavy atom. The minimum absolute atomic E-state index is 0.666. The molecule has 0 aliphatic carbocycles. The molecule has 1 rings (SSSR count). The molecular formula is C15H25NS. The van der Waals surface area contributed by atoms with Gasteiger partial charge in [0, 0.05) is 11.8 Å². The van der Waals surface area contributed by atoms with Crippen LogP contribution in [0.4, 0.5) is 0 Å². The average Bonchev–Trinajstić information content (AvgIpc) is 2.31. The molecule has 1 aromatic rings. The van der Waals surface area contributed by atoms with Gasteiger partial charge in [0.05, 0.1) is 0 Å². The minimum atomic E-state index is 0.666. The molecule has 17 heavy (non-hydrogen) atoms. The molecule has 2 heteroatoms. The third-order valence-corrected chi connectivity index (χ3v) is 4.09. The Morgan fingerprint density at radius 1 is 1.29 bits per heavy atom. The molecule has 0 radical (unpaired) electrons. The van der Waals surface area contributed by atoms with E-state index in [2.05, 4.69) is 62.1 Å². The monoisotopic (exact) mass is 251 g/mol. The van der Waals surface area contributed by atoms with Crippen molar-refractivity contribution < 1.29 is 0 Å². The van der Waals surface area contributed by atoms with Crippen LogP contribution in [-0.4, -0.2) is 18.3 Å². The first kappa shape index (κ1) is 14.6. The van der Waals surface area contributed by atoms with Crippen LogP contribution in [0.3, 0.4) is 0 Å². The first-order valence-corrected chi connectivity index (χ1v) is 7.75. The highest BCUT2D eigenvalue weighted by Gasteiger charge is 2.00. The molecule has 0 saturated carbocycles. The summed E-state index contributed by atoms with van der Waals surface area (Å²) in [4.78, 5) is 0. The van der Waals surface area contributed by atoms with Gasteiger partial charge in [-0.15, -0.1) is 0 Å². The standard InChI is InChI=1S/C15H25NS/c1-4-16-14(3)9-7-11-17-12-15-10-6-5-8-13(15)2/h5-6,8,10,14,16H,4,7,9,11-12H2,1-3H3. The van der Waals surface area contributed by atoms with Crippen LogP contribution >= 0.6 is 11.8 Å². The number of hydrogen-bond donors (Lipinski definition) is 1. The van der Waals surface area contributed by atoms with Crippen molar-refractivity contribution >= 4 is 11.8 Å². The summed E-state index contributed by atoms with van der Waals surface area (Å²) in [6.07, 6.45) is 2.60. The predicted octanol–water partition coefficient (Wildman–Crippen LogP) is 4.01. The maximum atomic E-state index is 3.45. The number of benzene rings is 1. The van der Waals surface area contributed by atoms with E-state index in [1.54, 1.807) is 0 Å². The highest BCUT2D eigenvalue weighted by molar-refractivity contribution is 7.98. The van der Waals surface area contributed by atoms with Crippen LogP contribution in [0.5, 0.6) is 0 Å². The first-order chi connectivity index (χ1) is 8.24. The molecule has 0 bridgehead atoms. The van der Waals surface area contributed by atoms with Gasteiger partial charge in [0.25, 0.3) is 0 Å². The zero-order valence-corrected chi connectivity index (χ0v) is 12.1. The molecule has 0 aliphatic heterocycles. The van der Waals surface area contributed by atoms with Crippen molar-refractivity contribution in [2.75, 3.05) is 12.3 Å². The van der Waals surface area contributed by atoms with E-state index >= 15 is 0 Å². The van der Waals surface area contributed by atoms with E-state index in [9.17, 15) is 0 Å².